The largest absolute Gasteiger partial charge is 0.484 e. The summed E-state index contributed by atoms with van der Waals surface area (Å²) in [4.78, 5) is 23.6. The number of carbonyl (C=O) groups is 2. The van der Waals surface area contributed by atoms with Crippen molar-refractivity contribution in [3.05, 3.63) is 95.5 Å². The monoisotopic (exact) mass is 406 g/mol. The first-order valence-corrected chi connectivity index (χ1v) is 9.29. The van der Waals surface area contributed by atoms with Crippen LogP contribution in [0, 0.1) is 0 Å². The van der Waals surface area contributed by atoms with Crippen LogP contribution in [0.2, 0.25) is 5.02 Å². The Labute approximate surface area is 173 Å². The first-order valence-electron chi connectivity index (χ1n) is 8.91. The van der Waals surface area contributed by atoms with E-state index in [1.54, 1.807) is 36.4 Å². The van der Waals surface area contributed by atoms with Crippen LogP contribution in [0.5, 0.6) is 5.75 Å². The Hall–Kier alpha value is -3.57. The molecule has 0 atom stereocenters. The summed E-state index contributed by atoms with van der Waals surface area (Å²) in [7, 11) is 0. The van der Waals surface area contributed by atoms with E-state index in [0.29, 0.717) is 16.3 Å². The van der Waals surface area contributed by atoms with Gasteiger partial charge in [0.1, 0.15) is 5.75 Å². The van der Waals surface area contributed by atoms with Crippen LogP contribution in [0.15, 0.2) is 84.9 Å². The number of benzene rings is 3. The van der Waals surface area contributed by atoms with Gasteiger partial charge in [0.2, 0.25) is 0 Å². The fraction of sp³-hybridized carbons (Fsp3) is 0.0435. The average molecular weight is 407 g/mol. The molecule has 0 saturated carbocycles. The maximum absolute atomic E-state index is 11.8. The summed E-state index contributed by atoms with van der Waals surface area (Å²) in [5, 5.41) is 0.535. The van der Waals surface area contributed by atoms with Crippen LogP contribution >= 0.6 is 11.6 Å². The van der Waals surface area contributed by atoms with Crippen molar-refractivity contribution in [2.45, 2.75) is 0 Å². The fourth-order valence-corrected chi connectivity index (χ4v) is 2.71. The van der Waals surface area contributed by atoms with Gasteiger partial charge in [0, 0.05) is 11.1 Å². The number of ether oxygens (including phenoxy) is 1. The summed E-state index contributed by atoms with van der Waals surface area (Å²) in [6, 6.07) is 24.5. The van der Waals surface area contributed by atoms with Crippen molar-refractivity contribution in [3.63, 3.8) is 0 Å². The van der Waals surface area contributed by atoms with Crippen LogP contribution in [-0.2, 0) is 9.59 Å². The molecule has 0 aromatic heterocycles. The van der Waals surface area contributed by atoms with Crippen molar-refractivity contribution in [3.8, 4) is 16.9 Å². The lowest BCUT2D eigenvalue weighted by Gasteiger charge is -2.08. The minimum absolute atomic E-state index is 0.223. The summed E-state index contributed by atoms with van der Waals surface area (Å²) in [5.41, 5.74) is 7.45. The van der Waals surface area contributed by atoms with Crippen molar-refractivity contribution in [2.75, 3.05) is 6.61 Å². The van der Waals surface area contributed by atoms with Gasteiger partial charge in [-0.25, -0.2) is 0 Å². The third-order valence-corrected chi connectivity index (χ3v) is 4.32. The van der Waals surface area contributed by atoms with Gasteiger partial charge < -0.3 is 4.74 Å². The highest BCUT2D eigenvalue weighted by Gasteiger charge is 2.05. The Balaban J connectivity index is 1.43. The quantitative estimate of drug-likeness (QED) is 0.475. The van der Waals surface area contributed by atoms with Crippen LogP contribution < -0.4 is 15.6 Å². The number of hydrogen-bond acceptors (Lipinski definition) is 3. The smallest absolute Gasteiger partial charge is 0.276 e. The standard InChI is InChI=1S/C23H19ClN2O3/c24-21-9-5-4-8-19(21)12-15-22(27)25-26-23(28)16-29-20-13-10-18(11-14-20)17-6-2-1-3-7-17/h1-15H,16H2,(H,25,27)(H,26,28). The van der Waals surface area contributed by atoms with Crippen LogP contribution in [0.4, 0.5) is 0 Å². The summed E-state index contributed by atoms with van der Waals surface area (Å²) in [6.07, 6.45) is 2.85. The Morgan fingerprint density at radius 3 is 2.21 bits per heavy atom. The Bertz CT molecular complexity index is 1000. The number of rotatable bonds is 6. The van der Waals surface area contributed by atoms with Crippen LogP contribution in [0.3, 0.4) is 0 Å². The van der Waals surface area contributed by atoms with E-state index < -0.39 is 11.8 Å². The van der Waals surface area contributed by atoms with Gasteiger partial charge in [-0.15, -0.1) is 0 Å². The van der Waals surface area contributed by atoms with E-state index in [4.69, 9.17) is 16.3 Å². The van der Waals surface area contributed by atoms with Gasteiger partial charge in [0.05, 0.1) is 0 Å². The number of halogens is 1. The molecule has 0 aliphatic heterocycles. The van der Waals surface area contributed by atoms with Gasteiger partial charge in [0.25, 0.3) is 11.8 Å². The number of carbonyl (C=O) groups excluding carboxylic acids is 2. The molecule has 2 amide bonds. The molecule has 3 aromatic rings. The molecule has 146 valence electrons. The molecule has 0 aliphatic rings. The molecule has 6 heteroatoms. The molecule has 0 heterocycles. The van der Waals surface area contributed by atoms with E-state index in [1.165, 1.54) is 6.08 Å². The van der Waals surface area contributed by atoms with E-state index in [1.807, 2.05) is 48.5 Å². The SMILES string of the molecule is O=C(C=Cc1ccccc1Cl)NNC(=O)COc1ccc(-c2ccccc2)cc1. The first kappa shape index (κ1) is 20.2. The summed E-state index contributed by atoms with van der Waals surface area (Å²) >= 11 is 6.01. The second-order valence-corrected chi connectivity index (χ2v) is 6.48. The number of amides is 2. The summed E-state index contributed by atoms with van der Waals surface area (Å²) < 4.78 is 5.44. The van der Waals surface area contributed by atoms with Gasteiger partial charge in [-0.2, -0.15) is 0 Å². The molecule has 0 aliphatic carbocycles. The van der Waals surface area contributed by atoms with Gasteiger partial charge >= 0.3 is 0 Å². The maximum atomic E-state index is 11.8. The van der Waals surface area contributed by atoms with Crippen LogP contribution in [0.1, 0.15) is 5.56 Å². The zero-order chi connectivity index (χ0) is 20.5. The third kappa shape index (κ3) is 6.23. The molecule has 3 rings (SSSR count). The molecule has 0 bridgehead atoms. The Morgan fingerprint density at radius 1 is 0.828 bits per heavy atom. The zero-order valence-corrected chi connectivity index (χ0v) is 16.2. The molecule has 0 fully saturated rings. The summed E-state index contributed by atoms with van der Waals surface area (Å²) in [6.45, 7) is -0.223. The van der Waals surface area contributed by atoms with Gasteiger partial charge in [-0.3, -0.25) is 20.4 Å². The first-order chi connectivity index (χ1) is 14.1. The molecular formula is C23H19ClN2O3. The third-order valence-electron chi connectivity index (χ3n) is 3.98. The van der Waals surface area contributed by atoms with Crippen molar-refractivity contribution in [1.82, 2.24) is 10.9 Å². The molecule has 0 spiro atoms. The minimum Gasteiger partial charge on any atom is -0.484 e. The van der Waals surface area contributed by atoms with Crippen molar-refractivity contribution in [2.24, 2.45) is 0 Å². The molecule has 3 aromatic carbocycles. The molecule has 29 heavy (non-hydrogen) atoms. The molecule has 2 N–H and O–H groups in total. The van der Waals surface area contributed by atoms with Gasteiger partial charge in [-0.1, -0.05) is 72.3 Å². The van der Waals surface area contributed by atoms with Crippen LogP contribution in [0.25, 0.3) is 17.2 Å². The lowest BCUT2D eigenvalue weighted by Crippen LogP contribution is -2.43. The Kier molecular flexibility index (Phi) is 7.03. The van der Waals surface area contributed by atoms with E-state index in [9.17, 15) is 9.59 Å². The predicted octanol–water partition coefficient (Wildman–Crippen LogP) is 4.25. The highest BCUT2D eigenvalue weighted by molar-refractivity contribution is 6.32. The maximum Gasteiger partial charge on any atom is 0.276 e. The molecular weight excluding hydrogens is 388 g/mol. The van der Waals surface area contributed by atoms with E-state index in [2.05, 4.69) is 10.9 Å². The molecule has 0 unspecified atom stereocenters. The number of hydrogen-bond donors (Lipinski definition) is 2. The van der Waals surface area contributed by atoms with Crippen LogP contribution in [-0.4, -0.2) is 18.4 Å². The second kappa shape index (κ2) is 10.1. The zero-order valence-electron chi connectivity index (χ0n) is 15.5. The Morgan fingerprint density at radius 2 is 1.48 bits per heavy atom. The number of nitrogens with one attached hydrogen (secondary N) is 2. The van der Waals surface area contributed by atoms with Gasteiger partial charge in [0.15, 0.2) is 6.61 Å². The van der Waals surface area contributed by atoms with E-state index >= 15 is 0 Å². The lowest BCUT2D eigenvalue weighted by molar-refractivity contribution is -0.128. The van der Waals surface area contributed by atoms with E-state index in [-0.39, 0.29) is 6.61 Å². The molecule has 0 saturated heterocycles. The van der Waals surface area contributed by atoms with Crippen molar-refractivity contribution < 1.29 is 14.3 Å². The molecule has 5 nitrogen and oxygen atoms in total. The lowest BCUT2D eigenvalue weighted by atomic mass is 10.1. The van der Waals surface area contributed by atoms with E-state index in [0.717, 1.165) is 11.1 Å². The fourth-order valence-electron chi connectivity index (χ4n) is 2.51. The average Bonchev–Trinajstić information content (AvgIpc) is 2.76. The van der Waals surface area contributed by atoms with Crippen molar-refractivity contribution in [1.29, 1.82) is 0 Å². The normalized spacial score (nSPS) is 10.5. The summed E-state index contributed by atoms with van der Waals surface area (Å²) in [5.74, 6) is -0.396. The molecule has 0 radical (unpaired) electrons. The highest BCUT2D eigenvalue weighted by Crippen LogP contribution is 2.22. The van der Waals surface area contributed by atoms with Gasteiger partial charge in [-0.05, 0) is 41.0 Å². The van der Waals surface area contributed by atoms with Crippen molar-refractivity contribution >= 4 is 29.5 Å². The number of hydrazine groups is 1. The topological polar surface area (TPSA) is 67.4 Å². The predicted molar refractivity (Wildman–Crippen MR) is 114 cm³/mol. The second-order valence-electron chi connectivity index (χ2n) is 6.07. The minimum atomic E-state index is -0.481. The highest BCUT2D eigenvalue weighted by atomic mass is 35.5.